The highest BCUT2D eigenvalue weighted by atomic mass is 35.5. The first-order valence-electron chi connectivity index (χ1n) is 7.24. The molecular weight excluding hydrogens is 382 g/mol. The van der Waals surface area contributed by atoms with Gasteiger partial charge in [0.1, 0.15) is 0 Å². The van der Waals surface area contributed by atoms with Crippen LogP contribution in [0.5, 0.6) is 0 Å². The summed E-state index contributed by atoms with van der Waals surface area (Å²) in [6.45, 7) is 0. The zero-order chi connectivity index (χ0) is 18.5. The van der Waals surface area contributed by atoms with Crippen molar-refractivity contribution in [3.63, 3.8) is 0 Å². The number of carbonyl (C=O) groups excluding carboxylic acids is 2. The van der Waals surface area contributed by atoms with Crippen LogP contribution in [0.4, 0.5) is 5.69 Å². The Labute approximate surface area is 156 Å². The predicted octanol–water partition coefficient (Wildman–Crippen LogP) is 3.50. The fourth-order valence-electron chi connectivity index (χ4n) is 1.96. The van der Waals surface area contributed by atoms with Crippen LogP contribution in [-0.2, 0) is 9.53 Å². The maximum atomic E-state index is 12.1. The van der Waals surface area contributed by atoms with Crippen LogP contribution in [0.3, 0.4) is 0 Å². The minimum atomic E-state index is -0.586. The van der Waals surface area contributed by atoms with Gasteiger partial charge < -0.3 is 18.9 Å². The number of nitrogens with zero attached hydrogens (tertiary/aromatic N) is 2. The average molecular weight is 394 g/mol. The molecule has 26 heavy (non-hydrogen) atoms. The fraction of sp³-hybridized carbons (Fsp3) is 0.125. The van der Waals surface area contributed by atoms with Crippen LogP contribution in [-0.4, -0.2) is 34.9 Å². The molecular formula is C16H12ClN3O5S. The molecule has 0 saturated carbocycles. The molecule has 2 aromatic heterocycles. The third-order valence-corrected chi connectivity index (χ3v) is 4.27. The Balaban J connectivity index is 1.59. The van der Waals surface area contributed by atoms with Crippen LogP contribution in [0.25, 0.3) is 11.7 Å². The Kier molecular flexibility index (Phi) is 5.59. The maximum Gasteiger partial charge on any atom is 0.339 e. The number of furan rings is 1. The number of aromatic nitrogens is 2. The first-order chi connectivity index (χ1) is 12.6. The van der Waals surface area contributed by atoms with Crippen LogP contribution in [0, 0.1) is 0 Å². The van der Waals surface area contributed by atoms with E-state index in [2.05, 4.69) is 20.3 Å². The number of thioether (sulfide) groups is 1. The predicted molar refractivity (Wildman–Crippen MR) is 94.1 cm³/mol. The molecule has 0 saturated heterocycles. The van der Waals surface area contributed by atoms with Gasteiger partial charge >= 0.3 is 5.97 Å². The van der Waals surface area contributed by atoms with E-state index in [1.807, 2.05) is 0 Å². The highest BCUT2D eigenvalue weighted by molar-refractivity contribution is 7.99. The van der Waals surface area contributed by atoms with Crippen LogP contribution in [0.2, 0.25) is 5.02 Å². The lowest BCUT2D eigenvalue weighted by Gasteiger charge is -2.07. The number of methoxy groups -OCH3 is 1. The van der Waals surface area contributed by atoms with E-state index in [1.54, 1.807) is 18.2 Å². The average Bonchev–Trinajstić information content (AvgIpc) is 3.32. The molecule has 3 rings (SSSR count). The summed E-state index contributed by atoms with van der Waals surface area (Å²) in [4.78, 5) is 23.7. The third-order valence-electron chi connectivity index (χ3n) is 3.12. The van der Waals surface area contributed by atoms with Crippen LogP contribution < -0.4 is 5.32 Å². The van der Waals surface area contributed by atoms with E-state index in [0.29, 0.717) is 11.4 Å². The molecule has 10 heteroatoms. The van der Waals surface area contributed by atoms with Gasteiger partial charge in [-0.1, -0.05) is 23.4 Å². The Morgan fingerprint density at radius 1 is 1.31 bits per heavy atom. The van der Waals surface area contributed by atoms with E-state index >= 15 is 0 Å². The molecule has 0 aliphatic rings. The smallest absolute Gasteiger partial charge is 0.339 e. The van der Waals surface area contributed by atoms with Gasteiger partial charge in [0.15, 0.2) is 5.76 Å². The summed E-state index contributed by atoms with van der Waals surface area (Å²) in [6.07, 6.45) is 1.49. The molecule has 0 spiro atoms. The molecule has 0 aliphatic carbocycles. The number of ether oxygens (including phenoxy) is 1. The molecule has 3 aromatic rings. The first kappa shape index (κ1) is 18.0. The molecule has 0 fully saturated rings. The number of amides is 1. The van der Waals surface area contributed by atoms with E-state index in [0.717, 1.165) is 11.8 Å². The standard InChI is InChI=1S/C16H12ClN3O5S/c1-23-15(22)10-7-9(4-5-11(10)17)18-13(21)8-26-16-20-19-14(25-16)12-3-2-6-24-12/h2-7H,8H2,1H3,(H,18,21). The summed E-state index contributed by atoms with van der Waals surface area (Å²) >= 11 is 7.01. The van der Waals surface area contributed by atoms with Gasteiger partial charge in [-0.3, -0.25) is 4.79 Å². The number of benzene rings is 1. The number of rotatable bonds is 6. The number of hydrogen-bond acceptors (Lipinski definition) is 8. The summed E-state index contributed by atoms with van der Waals surface area (Å²) in [5.41, 5.74) is 0.585. The number of anilines is 1. The highest BCUT2D eigenvalue weighted by Crippen LogP contribution is 2.24. The molecule has 0 radical (unpaired) electrons. The summed E-state index contributed by atoms with van der Waals surface area (Å²) < 4.78 is 15.2. The van der Waals surface area contributed by atoms with Gasteiger partial charge in [0.05, 0.1) is 29.7 Å². The second-order valence-corrected chi connectivity index (χ2v) is 6.21. The fourth-order valence-corrected chi connectivity index (χ4v) is 2.72. The van der Waals surface area contributed by atoms with Gasteiger partial charge in [-0.25, -0.2) is 4.79 Å². The Bertz CT molecular complexity index is 926. The van der Waals surface area contributed by atoms with Crippen molar-refractivity contribution in [2.75, 3.05) is 18.2 Å². The third kappa shape index (κ3) is 4.24. The van der Waals surface area contributed by atoms with Crippen molar-refractivity contribution in [3.8, 4) is 11.7 Å². The van der Waals surface area contributed by atoms with Gasteiger partial charge in [0.2, 0.25) is 5.91 Å². The zero-order valence-corrected chi connectivity index (χ0v) is 15.0. The summed E-state index contributed by atoms with van der Waals surface area (Å²) in [5, 5.41) is 10.8. The Morgan fingerprint density at radius 3 is 2.88 bits per heavy atom. The molecule has 8 nitrogen and oxygen atoms in total. The first-order valence-corrected chi connectivity index (χ1v) is 8.61. The number of carbonyl (C=O) groups is 2. The molecule has 0 atom stereocenters. The summed E-state index contributed by atoms with van der Waals surface area (Å²) in [6, 6.07) is 7.92. The Hall–Kier alpha value is -2.78. The number of esters is 1. The van der Waals surface area contributed by atoms with Gasteiger partial charge in [-0.05, 0) is 30.3 Å². The lowest BCUT2D eigenvalue weighted by atomic mass is 10.2. The quantitative estimate of drug-likeness (QED) is 0.500. The number of nitrogens with one attached hydrogen (secondary N) is 1. The second-order valence-electron chi connectivity index (χ2n) is 4.87. The molecule has 0 unspecified atom stereocenters. The minimum absolute atomic E-state index is 0.0377. The van der Waals surface area contributed by atoms with Crippen molar-refractivity contribution in [2.24, 2.45) is 0 Å². The lowest BCUT2D eigenvalue weighted by molar-refractivity contribution is -0.113. The minimum Gasteiger partial charge on any atom is -0.465 e. The van der Waals surface area contributed by atoms with E-state index < -0.39 is 5.97 Å². The molecule has 0 aliphatic heterocycles. The molecule has 1 N–H and O–H groups in total. The van der Waals surface area contributed by atoms with E-state index in [9.17, 15) is 9.59 Å². The number of halogens is 1. The monoisotopic (exact) mass is 393 g/mol. The maximum absolute atomic E-state index is 12.1. The van der Waals surface area contributed by atoms with Crippen molar-refractivity contribution in [2.45, 2.75) is 5.22 Å². The zero-order valence-electron chi connectivity index (χ0n) is 13.4. The van der Waals surface area contributed by atoms with Crippen molar-refractivity contribution in [3.05, 3.63) is 47.2 Å². The van der Waals surface area contributed by atoms with Gasteiger partial charge in [0, 0.05) is 5.69 Å². The van der Waals surface area contributed by atoms with Crippen molar-refractivity contribution >= 4 is 40.9 Å². The normalized spacial score (nSPS) is 10.5. The number of hydrogen-bond donors (Lipinski definition) is 1. The van der Waals surface area contributed by atoms with Crippen molar-refractivity contribution in [1.82, 2.24) is 10.2 Å². The second kappa shape index (κ2) is 8.07. The van der Waals surface area contributed by atoms with Crippen molar-refractivity contribution < 1.29 is 23.2 Å². The summed E-state index contributed by atoms with van der Waals surface area (Å²) in [5.74, 6) is -0.179. The molecule has 2 heterocycles. The molecule has 134 valence electrons. The Morgan fingerprint density at radius 2 is 2.15 bits per heavy atom. The van der Waals surface area contributed by atoms with E-state index in [4.69, 9.17) is 20.4 Å². The molecule has 1 amide bonds. The molecule has 0 bridgehead atoms. The topological polar surface area (TPSA) is 107 Å². The van der Waals surface area contributed by atoms with E-state index in [-0.39, 0.29) is 33.4 Å². The van der Waals surface area contributed by atoms with Gasteiger partial charge in [-0.15, -0.1) is 10.2 Å². The highest BCUT2D eigenvalue weighted by Gasteiger charge is 2.15. The summed E-state index contributed by atoms with van der Waals surface area (Å²) in [7, 11) is 1.25. The lowest BCUT2D eigenvalue weighted by Crippen LogP contribution is -2.14. The SMILES string of the molecule is COC(=O)c1cc(NC(=O)CSc2nnc(-c3ccco3)o2)ccc1Cl. The van der Waals surface area contributed by atoms with Crippen LogP contribution in [0.15, 0.2) is 50.7 Å². The van der Waals surface area contributed by atoms with Crippen molar-refractivity contribution in [1.29, 1.82) is 0 Å². The van der Waals surface area contributed by atoms with E-state index in [1.165, 1.54) is 25.5 Å². The van der Waals surface area contributed by atoms with Gasteiger partial charge in [0.25, 0.3) is 11.1 Å². The molecule has 1 aromatic carbocycles. The van der Waals surface area contributed by atoms with Crippen LogP contribution >= 0.6 is 23.4 Å². The largest absolute Gasteiger partial charge is 0.465 e. The van der Waals surface area contributed by atoms with Gasteiger partial charge in [-0.2, -0.15) is 0 Å². The van der Waals surface area contributed by atoms with Crippen LogP contribution in [0.1, 0.15) is 10.4 Å².